The van der Waals surface area contributed by atoms with Gasteiger partial charge in [-0.25, -0.2) is 0 Å². The summed E-state index contributed by atoms with van der Waals surface area (Å²) >= 11 is 0. The first-order chi connectivity index (χ1) is 36.9. The summed E-state index contributed by atoms with van der Waals surface area (Å²) in [6.07, 6.45) is -40.4. The largest absolute Gasteiger partial charge is 0.432 e. The fourth-order valence-corrected chi connectivity index (χ4v) is 14.8. The molecule has 9 fully saturated rings. The zero-order valence-corrected chi connectivity index (χ0v) is 43.2. The van der Waals surface area contributed by atoms with Gasteiger partial charge in [0.15, 0.2) is 25.2 Å². The van der Waals surface area contributed by atoms with Crippen LogP contribution in [0.4, 0.5) is 0 Å². The molecule has 4 saturated carbocycles. The average Bonchev–Trinajstić information content (AvgIpc) is 3.93. The topological polar surface area (TPSA) is 453 Å². The van der Waals surface area contributed by atoms with Gasteiger partial charge >= 0.3 is 5.97 Å². The molecule has 28 nitrogen and oxygen atoms in total. The molecule has 32 atom stereocenters. The van der Waals surface area contributed by atoms with Gasteiger partial charge in [-0.3, -0.25) is 4.79 Å². The van der Waals surface area contributed by atoms with Crippen LogP contribution >= 0.6 is 0 Å². The van der Waals surface area contributed by atoms with E-state index < -0.39 is 209 Å². The Morgan fingerprint density at radius 2 is 0.987 bits per heavy atom. The van der Waals surface area contributed by atoms with Gasteiger partial charge in [0.05, 0.1) is 44.6 Å². The number of rotatable bonds is 15. The number of ether oxygens (including phenoxy) is 10. The molecule has 0 aromatic carbocycles. The molecule has 5 aliphatic heterocycles. The van der Waals surface area contributed by atoms with Gasteiger partial charge in [0, 0.05) is 5.92 Å². The highest BCUT2D eigenvalue weighted by Crippen LogP contribution is 2.72. The highest BCUT2D eigenvalue weighted by Gasteiger charge is 2.68. The first-order valence-corrected chi connectivity index (χ1v) is 26.9. The van der Waals surface area contributed by atoms with Crippen molar-refractivity contribution in [2.45, 2.75) is 225 Å². The Balaban J connectivity index is 0.960. The van der Waals surface area contributed by atoms with Crippen LogP contribution in [0, 0.1) is 34.0 Å². The Morgan fingerprint density at radius 3 is 1.54 bits per heavy atom. The highest BCUT2D eigenvalue weighted by atomic mass is 16.8. The number of fused-ring (bicyclic) bond motifs is 3. The number of hydrogen-bond donors (Lipinski definition) is 17. The molecule has 28 heteroatoms. The Morgan fingerprint density at radius 1 is 0.526 bits per heavy atom. The number of aliphatic hydroxyl groups is 17. The van der Waals surface area contributed by atoms with Gasteiger partial charge in [-0.1, -0.05) is 25.5 Å². The summed E-state index contributed by atoms with van der Waals surface area (Å²) in [5, 5.41) is 181. The van der Waals surface area contributed by atoms with E-state index in [4.69, 9.17) is 47.4 Å². The molecule has 9 aliphatic rings. The van der Waals surface area contributed by atoms with Gasteiger partial charge in [0.2, 0.25) is 6.29 Å². The third kappa shape index (κ3) is 10.6. The van der Waals surface area contributed by atoms with E-state index >= 15 is 0 Å². The lowest BCUT2D eigenvalue weighted by molar-refractivity contribution is -0.397. The van der Waals surface area contributed by atoms with Gasteiger partial charge in [0.1, 0.15) is 122 Å². The second kappa shape index (κ2) is 23.7. The van der Waals surface area contributed by atoms with Crippen LogP contribution in [-0.4, -0.2) is 285 Å². The summed E-state index contributed by atoms with van der Waals surface area (Å²) < 4.78 is 59.7. The molecule has 27 unspecified atom stereocenters. The third-order valence-corrected chi connectivity index (χ3v) is 19.1. The summed E-state index contributed by atoms with van der Waals surface area (Å²) in [5.74, 6) is -1.63. The van der Waals surface area contributed by atoms with E-state index in [9.17, 15) is 91.6 Å². The van der Waals surface area contributed by atoms with Crippen molar-refractivity contribution in [1.82, 2.24) is 0 Å². The van der Waals surface area contributed by atoms with Crippen molar-refractivity contribution in [3.8, 4) is 0 Å². The molecule has 5 saturated heterocycles. The Kier molecular flexibility index (Phi) is 18.4. The van der Waals surface area contributed by atoms with Crippen molar-refractivity contribution in [3.63, 3.8) is 0 Å². The monoisotopic (exact) mass is 1130 g/mol. The minimum Gasteiger partial charge on any atom is -0.432 e. The molecule has 0 aromatic rings. The summed E-state index contributed by atoms with van der Waals surface area (Å²) in [5.41, 5.74) is -1.31. The van der Waals surface area contributed by atoms with E-state index in [1.807, 2.05) is 0 Å². The maximum Gasteiger partial charge on any atom is 0.314 e. The van der Waals surface area contributed by atoms with Crippen LogP contribution in [-0.2, 0) is 52.2 Å². The predicted octanol–water partition coefficient (Wildman–Crippen LogP) is -7.43. The van der Waals surface area contributed by atoms with Crippen LogP contribution in [0.5, 0.6) is 0 Å². The van der Waals surface area contributed by atoms with Crippen LogP contribution in [0.1, 0.15) is 65.2 Å². The number of carbonyl (C=O) groups excluding carboxylic acids is 1. The summed E-state index contributed by atoms with van der Waals surface area (Å²) in [6, 6.07) is 0. The van der Waals surface area contributed by atoms with E-state index in [0.717, 1.165) is 5.57 Å². The highest BCUT2D eigenvalue weighted by molar-refractivity contribution is 5.77. The summed E-state index contributed by atoms with van der Waals surface area (Å²) in [4.78, 5) is 14.8. The first kappa shape index (κ1) is 60.8. The van der Waals surface area contributed by atoms with Gasteiger partial charge in [-0.15, -0.1) is 0 Å². The first-order valence-electron chi connectivity index (χ1n) is 26.9. The van der Waals surface area contributed by atoms with E-state index in [2.05, 4.69) is 13.5 Å². The van der Waals surface area contributed by atoms with E-state index in [0.29, 0.717) is 51.4 Å². The van der Waals surface area contributed by atoms with Gasteiger partial charge in [-0.05, 0) is 74.5 Å². The smallest absolute Gasteiger partial charge is 0.314 e. The van der Waals surface area contributed by atoms with Gasteiger partial charge in [-0.2, -0.15) is 0 Å². The number of hydrogen-bond acceptors (Lipinski definition) is 28. The van der Waals surface area contributed by atoms with Crippen LogP contribution in [0.3, 0.4) is 0 Å². The molecule has 0 amide bonds. The molecular formula is C50H80O28. The molecule has 0 aromatic heterocycles. The molecule has 0 radical (unpaired) electrons. The standard InChI is InChI=1S/C50H80O28/c1-17-10-50-8-5-25-48(2,6-4-7-49(25,3)47(68)78-45-39(67)35(63)30(58)24(75-45)16-69-42-36(64)32(60)27(55)20(12-51)71-42)26(50)9-19(18(17)11-50)70-46-41(77-44-38(66)34(62)29(57)22(14-53)73-44)40(31(59)23(15-54)74-46)76-43-37(65)33(61)28(56)21(13-52)72-43/h18-46,51-67H,1,4-16H2,2-3H3/t18?,19?,20?,21?,22?,23?,24?,25-,26-,27?,28?,29?,30?,31?,32?,33?,34?,35?,36?,37?,38?,39?,40?,41?,42?,43?,44?,45?,46?,48+,49+,50+/m0/s1. The lowest BCUT2D eigenvalue weighted by atomic mass is 9.41. The minimum absolute atomic E-state index is 0.192. The van der Waals surface area contributed by atoms with Gasteiger partial charge in [0.25, 0.3) is 0 Å². The Labute approximate surface area is 448 Å². The maximum atomic E-state index is 14.8. The zero-order valence-electron chi connectivity index (χ0n) is 43.2. The average molecular weight is 1130 g/mol. The van der Waals surface area contributed by atoms with E-state index in [1.54, 1.807) is 6.92 Å². The second-order valence-corrected chi connectivity index (χ2v) is 23.6. The second-order valence-electron chi connectivity index (χ2n) is 23.6. The maximum absolute atomic E-state index is 14.8. The number of carbonyl (C=O) groups is 1. The van der Waals surface area contributed by atoms with Crippen LogP contribution in [0.25, 0.3) is 0 Å². The minimum atomic E-state index is -1.99. The fourth-order valence-electron chi connectivity index (χ4n) is 14.8. The lowest BCUT2D eigenvalue weighted by Crippen LogP contribution is -2.67. The molecule has 448 valence electrons. The van der Waals surface area contributed by atoms with E-state index in [-0.39, 0.29) is 23.2 Å². The number of aliphatic hydroxyl groups excluding tert-OH is 17. The lowest BCUT2D eigenvalue weighted by Gasteiger charge is -2.64. The van der Waals surface area contributed by atoms with Crippen molar-refractivity contribution in [2.75, 3.05) is 33.0 Å². The van der Waals surface area contributed by atoms with Crippen molar-refractivity contribution in [2.24, 2.45) is 34.0 Å². The molecule has 78 heavy (non-hydrogen) atoms. The molecule has 9 rings (SSSR count). The molecule has 17 N–H and O–H groups in total. The molecule has 2 bridgehead atoms. The quantitative estimate of drug-likeness (QED) is 0.0411. The molecule has 4 aliphatic carbocycles. The zero-order chi connectivity index (χ0) is 56.7. The fraction of sp³-hybridized carbons (Fsp3) is 0.940. The summed E-state index contributed by atoms with van der Waals surface area (Å²) in [7, 11) is 0. The van der Waals surface area contributed by atoms with Crippen LogP contribution in [0.2, 0.25) is 0 Å². The van der Waals surface area contributed by atoms with Crippen LogP contribution < -0.4 is 0 Å². The van der Waals surface area contributed by atoms with Crippen molar-refractivity contribution in [1.29, 1.82) is 0 Å². The predicted molar refractivity (Wildman–Crippen MR) is 252 cm³/mol. The van der Waals surface area contributed by atoms with Crippen LogP contribution in [0.15, 0.2) is 12.2 Å². The van der Waals surface area contributed by atoms with E-state index in [1.165, 1.54) is 0 Å². The molecule has 1 spiro atoms. The van der Waals surface area contributed by atoms with Crippen molar-refractivity contribution < 1.29 is 139 Å². The Hall–Kier alpha value is -1.83. The molecule has 5 heterocycles. The molecular weight excluding hydrogens is 1050 g/mol. The third-order valence-electron chi connectivity index (χ3n) is 19.1. The van der Waals surface area contributed by atoms with Gasteiger partial charge < -0.3 is 134 Å². The summed E-state index contributed by atoms with van der Waals surface area (Å²) in [6.45, 7) is 4.46. The van der Waals surface area contributed by atoms with Crippen molar-refractivity contribution in [3.05, 3.63) is 12.2 Å². The Bertz CT molecular complexity index is 2060. The normalized spacial score (nSPS) is 54.5. The number of esters is 1. The van der Waals surface area contributed by atoms with Crippen molar-refractivity contribution >= 4 is 5.97 Å². The SMILES string of the molecule is C=C1C[C@@]23CC[C@H]4[C@@](C)(CCC[C@@]4(C)C(=O)OC4OC(COC5OC(CO)C(O)C(O)C5O)C(O)C(O)C4O)[C@@H]2CC(OC2OC(CO)C(O)C(OC4OC(CO)C(O)C(O)C4O)C2OC2OC(CO)C(O)C(O)C2O)C1C3.